The van der Waals surface area contributed by atoms with Gasteiger partial charge in [0.2, 0.25) is 5.91 Å². The van der Waals surface area contributed by atoms with Crippen molar-refractivity contribution in [2.75, 3.05) is 26.3 Å². The Morgan fingerprint density at radius 2 is 1.83 bits per heavy atom. The average Bonchev–Trinajstić information content (AvgIpc) is 2.58. The summed E-state index contributed by atoms with van der Waals surface area (Å²) in [6, 6.07) is 5.17. The fourth-order valence-electron chi connectivity index (χ4n) is 2.51. The van der Waals surface area contributed by atoms with Crippen LogP contribution in [0.15, 0.2) is 24.3 Å². The van der Waals surface area contributed by atoms with E-state index in [9.17, 15) is 14.0 Å². The van der Waals surface area contributed by atoms with Crippen molar-refractivity contribution in [3.8, 4) is 0 Å². The molecule has 1 unspecified atom stereocenters. The molecule has 24 heavy (non-hydrogen) atoms. The maximum atomic E-state index is 13.4. The normalized spacial score (nSPS) is 15.9. The van der Waals surface area contributed by atoms with E-state index in [0.29, 0.717) is 13.2 Å². The number of carbonyl (C=O) groups is 2. The van der Waals surface area contributed by atoms with Gasteiger partial charge in [0.25, 0.3) is 5.91 Å². The van der Waals surface area contributed by atoms with Gasteiger partial charge in [-0.05, 0) is 30.9 Å². The zero-order valence-electron chi connectivity index (χ0n) is 13.3. The van der Waals surface area contributed by atoms with E-state index in [1.54, 1.807) is 6.07 Å². The summed E-state index contributed by atoms with van der Waals surface area (Å²) in [5.41, 5.74) is 5.92. The third-order valence-corrected chi connectivity index (χ3v) is 3.90. The van der Waals surface area contributed by atoms with E-state index in [1.165, 1.54) is 18.2 Å². The van der Waals surface area contributed by atoms with E-state index in [-0.39, 0.29) is 42.9 Å². The van der Waals surface area contributed by atoms with Crippen molar-refractivity contribution in [2.24, 2.45) is 11.7 Å². The Morgan fingerprint density at radius 1 is 1.21 bits per heavy atom. The van der Waals surface area contributed by atoms with E-state index in [0.717, 1.165) is 12.8 Å². The maximum Gasteiger partial charge on any atom is 0.254 e. The summed E-state index contributed by atoms with van der Waals surface area (Å²) in [4.78, 5) is 23.8. The molecule has 1 atom stereocenters. The van der Waals surface area contributed by atoms with Gasteiger partial charge in [0.15, 0.2) is 0 Å². The highest BCUT2D eigenvalue weighted by atomic mass is 35.5. The van der Waals surface area contributed by atoms with Gasteiger partial charge in [-0.15, -0.1) is 12.4 Å². The third kappa shape index (κ3) is 5.74. The number of nitrogens with one attached hydrogen (secondary N) is 2. The molecule has 1 aliphatic rings. The predicted molar refractivity (Wildman–Crippen MR) is 90.5 cm³/mol. The molecule has 0 radical (unpaired) electrons. The molecule has 0 saturated carbocycles. The zero-order chi connectivity index (χ0) is 16.7. The van der Waals surface area contributed by atoms with Gasteiger partial charge in [-0.2, -0.15) is 0 Å². The highest BCUT2D eigenvalue weighted by molar-refractivity contribution is 5.94. The number of hydrogen-bond donors (Lipinski definition) is 3. The van der Waals surface area contributed by atoms with Gasteiger partial charge < -0.3 is 21.1 Å². The second-order valence-corrected chi connectivity index (χ2v) is 5.50. The number of benzene rings is 1. The van der Waals surface area contributed by atoms with Crippen molar-refractivity contribution >= 4 is 24.2 Å². The highest BCUT2D eigenvalue weighted by Crippen LogP contribution is 2.17. The molecule has 0 bridgehead atoms. The minimum absolute atomic E-state index is 0. The Labute approximate surface area is 146 Å². The molecule has 1 fully saturated rings. The molecule has 134 valence electrons. The molecule has 1 aromatic carbocycles. The van der Waals surface area contributed by atoms with Gasteiger partial charge in [-0.3, -0.25) is 9.59 Å². The lowest BCUT2D eigenvalue weighted by Gasteiger charge is -2.26. The number of ether oxygens (including phenoxy) is 1. The summed E-state index contributed by atoms with van der Waals surface area (Å²) in [6.07, 6.45) is 1.55. The van der Waals surface area contributed by atoms with Crippen LogP contribution < -0.4 is 16.4 Å². The van der Waals surface area contributed by atoms with Crippen LogP contribution in [0, 0.1) is 11.7 Å². The van der Waals surface area contributed by atoms with E-state index in [4.69, 9.17) is 10.5 Å². The number of hydrogen-bond acceptors (Lipinski definition) is 4. The molecule has 2 rings (SSSR count). The fraction of sp³-hybridized carbons (Fsp3) is 0.500. The molecule has 2 amide bonds. The van der Waals surface area contributed by atoms with Crippen LogP contribution in [0.1, 0.15) is 23.2 Å². The molecule has 6 nitrogen and oxygen atoms in total. The topological polar surface area (TPSA) is 93.5 Å². The minimum atomic E-state index is -0.574. The quantitative estimate of drug-likeness (QED) is 0.656. The molecule has 8 heteroatoms. The third-order valence-electron chi connectivity index (χ3n) is 3.90. The average molecular weight is 360 g/mol. The van der Waals surface area contributed by atoms with Crippen molar-refractivity contribution in [2.45, 2.75) is 18.9 Å². The predicted octanol–water partition coefficient (Wildman–Crippen LogP) is 0.847. The first-order chi connectivity index (χ1) is 11.1. The van der Waals surface area contributed by atoms with Gasteiger partial charge in [0.05, 0.1) is 11.6 Å². The second-order valence-electron chi connectivity index (χ2n) is 5.50. The van der Waals surface area contributed by atoms with E-state index in [1.807, 2.05) is 0 Å². The smallest absolute Gasteiger partial charge is 0.254 e. The molecule has 4 N–H and O–H groups in total. The van der Waals surface area contributed by atoms with Crippen LogP contribution in [0.4, 0.5) is 4.39 Å². The Bertz CT molecular complexity index is 553. The maximum absolute atomic E-state index is 13.4. The Hall–Kier alpha value is -1.70. The molecular weight excluding hydrogens is 337 g/mol. The van der Waals surface area contributed by atoms with Crippen LogP contribution in [0.5, 0.6) is 0 Å². The Kier molecular flexibility index (Phi) is 8.67. The van der Waals surface area contributed by atoms with E-state index in [2.05, 4.69) is 10.6 Å². The van der Waals surface area contributed by atoms with Gasteiger partial charge in [-0.1, -0.05) is 12.1 Å². The van der Waals surface area contributed by atoms with Gasteiger partial charge in [0.1, 0.15) is 5.82 Å². The summed E-state index contributed by atoms with van der Waals surface area (Å²) in [6.45, 7) is 1.71. The van der Waals surface area contributed by atoms with Gasteiger partial charge >= 0.3 is 0 Å². The van der Waals surface area contributed by atoms with Gasteiger partial charge in [-0.25, -0.2) is 4.39 Å². The Balaban J connectivity index is 0.00000288. The van der Waals surface area contributed by atoms with Crippen LogP contribution >= 0.6 is 12.4 Å². The van der Waals surface area contributed by atoms with E-state index < -0.39 is 17.8 Å². The Morgan fingerprint density at radius 3 is 2.50 bits per heavy atom. The molecule has 0 aromatic heterocycles. The van der Waals surface area contributed by atoms with Gasteiger partial charge in [0, 0.05) is 26.3 Å². The molecule has 0 spiro atoms. The summed E-state index contributed by atoms with van der Waals surface area (Å²) in [7, 11) is 0. The summed E-state index contributed by atoms with van der Waals surface area (Å²) in [5, 5.41) is 5.25. The number of amides is 2. The lowest BCUT2D eigenvalue weighted by molar-refractivity contribution is -0.124. The minimum Gasteiger partial charge on any atom is -0.381 e. The monoisotopic (exact) mass is 359 g/mol. The van der Waals surface area contributed by atoms with Crippen LogP contribution in [-0.4, -0.2) is 44.2 Å². The first kappa shape index (κ1) is 20.3. The van der Waals surface area contributed by atoms with Crippen LogP contribution in [0.25, 0.3) is 0 Å². The first-order valence-corrected chi connectivity index (χ1v) is 7.73. The number of halogens is 2. The molecule has 1 aromatic rings. The SMILES string of the molecule is Cl.NC(C(=O)NCCNC(=O)c1ccccc1F)C1CCOCC1. The summed E-state index contributed by atoms with van der Waals surface area (Å²) < 4.78 is 18.7. The van der Waals surface area contributed by atoms with Crippen molar-refractivity contribution in [3.05, 3.63) is 35.6 Å². The van der Waals surface area contributed by atoms with Crippen molar-refractivity contribution in [1.82, 2.24) is 10.6 Å². The molecule has 1 aliphatic heterocycles. The van der Waals surface area contributed by atoms with Crippen molar-refractivity contribution in [1.29, 1.82) is 0 Å². The molecule has 1 heterocycles. The van der Waals surface area contributed by atoms with Crippen LogP contribution in [0.3, 0.4) is 0 Å². The number of carbonyl (C=O) groups excluding carboxylic acids is 2. The van der Waals surface area contributed by atoms with Crippen molar-refractivity contribution < 1.29 is 18.7 Å². The second kappa shape index (κ2) is 10.2. The van der Waals surface area contributed by atoms with E-state index >= 15 is 0 Å². The standard InChI is InChI=1S/C16H22FN3O3.ClH/c17-13-4-2-1-3-12(13)15(21)19-7-8-20-16(22)14(18)11-5-9-23-10-6-11;/h1-4,11,14H,5-10,18H2,(H,19,21)(H,20,22);1H. The molecule has 1 saturated heterocycles. The lowest BCUT2D eigenvalue weighted by atomic mass is 9.92. The first-order valence-electron chi connectivity index (χ1n) is 7.73. The number of nitrogens with two attached hydrogens (primary N) is 1. The fourth-order valence-corrected chi connectivity index (χ4v) is 2.51. The lowest BCUT2D eigenvalue weighted by Crippen LogP contribution is -2.48. The number of rotatable bonds is 6. The largest absolute Gasteiger partial charge is 0.381 e. The zero-order valence-corrected chi connectivity index (χ0v) is 14.1. The highest BCUT2D eigenvalue weighted by Gasteiger charge is 2.26. The molecular formula is C16H23ClFN3O3. The van der Waals surface area contributed by atoms with Crippen LogP contribution in [-0.2, 0) is 9.53 Å². The van der Waals surface area contributed by atoms with Crippen LogP contribution in [0.2, 0.25) is 0 Å². The summed E-state index contributed by atoms with van der Waals surface area (Å²) in [5.74, 6) is -1.20. The van der Waals surface area contributed by atoms with Crippen molar-refractivity contribution in [3.63, 3.8) is 0 Å². The summed E-state index contributed by atoms with van der Waals surface area (Å²) >= 11 is 0. The molecule has 0 aliphatic carbocycles.